The molecule has 0 aliphatic carbocycles. The van der Waals surface area contributed by atoms with Crippen molar-refractivity contribution >= 4 is 15.8 Å². The van der Waals surface area contributed by atoms with Crippen LogP contribution in [-0.4, -0.2) is 25.2 Å². The summed E-state index contributed by atoms with van der Waals surface area (Å²) in [4.78, 5) is 9.38. The maximum Gasteiger partial charge on any atom is 0.319 e. The average Bonchev–Trinajstić information content (AvgIpc) is 1.99. The lowest BCUT2D eigenvalue weighted by Crippen LogP contribution is -2.16. The summed E-state index contributed by atoms with van der Waals surface area (Å²) >= 11 is 0. The van der Waals surface area contributed by atoms with Gasteiger partial charge < -0.3 is 5.11 Å². The predicted octanol–water partition coefficient (Wildman–Crippen LogP) is 0.823. The highest BCUT2D eigenvalue weighted by Gasteiger charge is 2.22. The maximum absolute atomic E-state index is 13.0. The molecule has 0 aromatic heterocycles. The largest absolute Gasteiger partial charge is 0.480 e. The second kappa shape index (κ2) is 3.93. The Morgan fingerprint density at radius 2 is 1.93 bits per heavy atom. The van der Waals surface area contributed by atoms with Crippen molar-refractivity contribution in [2.24, 2.45) is 0 Å². The molecule has 0 aliphatic heterocycles. The smallest absolute Gasteiger partial charge is 0.319 e. The van der Waals surface area contributed by atoms with Gasteiger partial charge in [0.05, 0.1) is 0 Å². The van der Waals surface area contributed by atoms with Gasteiger partial charge in [0.25, 0.3) is 0 Å². The molecule has 1 N–H and O–H groups in total. The van der Waals surface area contributed by atoms with Crippen LogP contribution in [0.25, 0.3) is 0 Å². The molecule has 4 nitrogen and oxygen atoms in total. The molecule has 0 radical (unpaired) electrons. The first-order chi connectivity index (χ1) is 6.83. The van der Waals surface area contributed by atoms with E-state index in [2.05, 4.69) is 0 Å². The van der Waals surface area contributed by atoms with E-state index in [-0.39, 0.29) is 0 Å². The molecule has 0 aliphatic rings. The Balaban J connectivity index is 3.22. The zero-order valence-electron chi connectivity index (χ0n) is 7.28. The summed E-state index contributed by atoms with van der Waals surface area (Å²) in [5.41, 5.74) is 0. The molecular formula is C8H6F2O4S. The van der Waals surface area contributed by atoms with Crippen LogP contribution in [0.3, 0.4) is 0 Å². The van der Waals surface area contributed by atoms with E-state index in [1.807, 2.05) is 0 Å². The maximum atomic E-state index is 13.0. The molecule has 1 aromatic carbocycles. The molecule has 1 rings (SSSR count). The highest BCUT2D eigenvalue weighted by Crippen LogP contribution is 2.16. The number of carboxylic acids is 1. The van der Waals surface area contributed by atoms with Crippen molar-refractivity contribution in [1.29, 1.82) is 0 Å². The first-order valence-corrected chi connectivity index (χ1v) is 5.38. The zero-order chi connectivity index (χ0) is 11.6. The molecule has 82 valence electrons. The SMILES string of the molecule is O=C(O)CS(=O)(=O)c1ccc(F)cc1F. The van der Waals surface area contributed by atoms with E-state index in [9.17, 15) is 22.0 Å². The summed E-state index contributed by atoms with van der Waals surface area (Å²) in [6, 6.07) is 1.83. The quantitative estimate of drug-likeness (QED) is 0.789. The van der Waals surface area contributed by atoms with E-state index in [1.165, 1.54) is 0 Å². The monoisotopic (exact) mass is 236 g/mol. The highest BCUT2D eigenvalue weighted by atomic mass is 32.2. The molecule has 1 aromatic rings. The van der Waals surface area contributed by atoms with Gasteiger partial charge in [-0.25, -0.2) is 17.2 Å². The number of aliphatic carboxylic acids is 1. The molecule has 0 atom stereocenters. The first-order valence-electron chi connectivity index (χ1n) is 3.72. The van der Waals surface area contributed by atoms with E-state index in [1.54, 1.807) is 0 Å². The second-order valence-electron chi connectivity index (χ2n) is 2.73. The lowest BCUT2D eigenvalue weighted by Gasteiger charge is -2.02. The topological polar surface area (TPSA) is 71.4 Å². The number of carbonyl (C=O) groups is 1. The van der Waals surface area contributed by atoms with Crippen molar-refractivity contribution in [2.75, 3.05) is 5.75 Å². The normalized spacial score (nSPS) is 11.3. The summed E-state index contributed by atoms with van der Waals surface area (Å²) in [7, 11) is -4.25. The van der Waals surface area contributed by atoms with Gasteiger partial charge >= 0.3 is 5.97 Å². The standard InChI is InChI=1S/C8H6F2O4S/c9-5-1-2-7(6(10)3-5)15(13,14)4-8(11)12/h1-3H,4H2,(H,11,12). The van der Waals surface area contributed by atoms with Crippen molar-refractivity contribution in [2.45, 2.75) is 4.90 Å². The molecule has 15 heavy (non-hydrogen) atoms. The second-order valence-corrected chi connectivity index (χ2v) is 4.69. The first kappa shape index (κ1) is 11.6. The lowest BCUT2D eigenvalue weighted by molar-refractivity contribution is -0.134. The van der Waals surface area contributed by atoms with Gasteiger partial charge in [-0.2, -0.15) is 0 Å². The van der Waals surface area contributed by atoms with Gasteiger partial charge in [-0.15, -0.1) is 0 Å². The number of carboxylic acid groups (broad SMARTS) is 1. The number of rotatable bonds is 3. The summed E-state index contributed by atoms with van der Waals surface area (Å²) in [6.07, 6.45) is 0. The Morgan fingerprint density at radius 1 is 1.33 bits per heavy atom. The summed E-state index contributed by atoms with van der Waals surface area (Å²) in [6.45, 7) is 0. The van der Waals surface area contributed by atoms with Crippen molar-refractivity contribution in [3.8, 4) is 0 Å². The molecule has 0 amide bonds. The van der Waals surface area contributed by atoms with Crippen molar-refractivity contribution in [3.05, 3.63) is 29.8 Å². The Bertz CT molecular complexity index is 495. The number of hydrogen-bond acceptors (Lipinski definition) is 3. The van der Waals surface area contributed by atoms with E-state index in [4.69, 9.17) is 5.11 Å². The van der Waals surface area contributed by atoms with Gasteiger partial charge in [0.15, 0.2) is 15.6 Å². The van der Waals surface area contributed by atoms with E-state index < -0.39 is 38.1 Å². The van der Waals surface area contributed by atoms with Gasteiger partial charge in [0, 0.05) is 6.07 Å². The van der Waals surface area contributed by atoms with Crippen LogP contribution in [0.15, 0.2) is 23.1 Å². The fourth-order valence-electron chi connectivity index (χ4n) is 0.968. The summed E-state index contributed by atoms with van der Waals surface area (Å²) < 4.78 is 47.9. The Morgan fingerprint density at radius 3 is 2.40 bits per heavy atom. The predicted molar refractivity (Wildman–Crippen MR) is 46.0 cm³/mol. The van der Waals surface area contributed by atoms with Crippen LogP contribution in [-0.2, 0) is 14.6 Å². The van der Waals surface area contributed by atoms with Gasteiger partial charge in [-0.1, -0.05) is 0 Å². The van der Waals surface area contributed by atoms with Crippen LogP contribution in [0.4, 0.5) is 8.78 Å². The van der Waals surface area contributed by atoms with Crippen molar-refractivity contribution < 1.29 is 27.1 Å². The molecule has 0 unspecified atom stereocenters. The van der Waals surface area contributed by atoms with E-state index in [0.29, 0.717) is 12.1 Å². The fraction of sp³-hybridized carbons (Fsp3) is 0.125. The molecule has 0 spiro atoms. The molecule has 0 saturated carbocycles. The molecule has 0 heterocycles. The summed E-state index contributed by atoms with van der Waals surface area (Å²) in [5, 5.41) is 8.28. The number of halogens is 2. The van der Waals surface area contributed by atoms with Gasteiger partial charge in [-0.3, -0.25) is 4.79 Å². The minimum atomic E-state index is -4.25. The Hall–Kier alpha value is -1.50. The van der Waals surface area contributed by atoms with Gasteiger partial charge in [-0.05, 0) is 12.1 Å². The summed E-state index contributed by atoms with van der Waals surface area (Å²) in [5.74, 6) is -5.05. The van der Waals surface area contributed by atoms with Crippen molar-refractivity contribution in [1.82, 2.24) is 0 Å². The number of sulfone groups is 1. The van der Waals surface area contributed by atoms with E-state index >= 15 is 0 Å². The highest BCUT2D eigenvalue weighted by molar-refractivity contribution is 7.92. The Labute approximate surface area is 84.1 Å². The average molecular weight is 236 g/mol. The van der Waals surface area contributed by atoms with Crippen LogP contribution in [0, 0.1) is 11.6 Å². The van der Waals surface area contributed by atoms with Crippen molar-refractivity contribution in [3.63, 3.8) is 0 Å². The Kier molecular flexibility index (Phi) is 3.04. The number of benzene rings is 1. The van der Waals surface area contributed by atoms with Gasteiger partial charge in [0.1, 0.15) is 16.5 Å². The lowest BCUT2D eigenvalue weighted by atomic mass is 10.3. The third kappa shape index (κ3) is 2.72. The zero-order valence-corrected chi connectivity index (χ0v) is 8.09. The third-order valence-corrected chi connectivity index (χ3v) is 3.17. The van der Waals surface area contributed by atoms with Crippen LogP contribution in [0.2, 0.25) is 0 Å². The molecule has 0 bridgehead atoms. The minimum Gasteiger partial charge on any atom is -0.480 e. The molecule has 0 saturated heterocycles. The molecule has 7 heteroatoms. The molecule has 0 fully saturated rings. The number of hydrogen-bond donors (Lipinski definition) is 1. The fourth-order valence-corrected chi connectivity index (χ4v) is 2.08. The van der Waals surface area contributed by atoms with Crippen LogP contribution in [0.1, 0.15) is 0 Å². The minimum absolute atomic E-state index is 0.384. The molecular weight excluding hydrogens is 230 g/mol. The van der Waals surface area contributed by atoms with Crippen LogP contribution >= 0.6 is 0 Å². The van der Waals surface area contributed by atoms with Gasteiger partial charge in [0.2, 0.25) is 0 Å². The van der Waals surface area contributed by atoms with Crippen LogP contribution < -0.4 is 0 Å². The third-order valence-electron chi connectivity index (χ3n) is 1.54. The van der Waals surface area contributed by atoms with E-state index in [0.717, 1.165) is 6.07 Å². The van der Waals surface area contributed by atoms with Crippen LogP contribution in [0.5, 0.6) is 0 Å².